The van der Waals surface area contributed by atoms with Gasteiger partial charge in [0.25, 0.3) is 0 Å². The van der Waals surface area contributed by atoms with Gasteiger partial charge >= 0.3 is 0 Å². The molecule has 0 heterocycles. The number of benzene rings is 1. The summed E-state index contributed by atoms with van der Waals surface area (Å²) in [7, 11) is 0. The molecule has 0 saturated heterocycles. The number of nitrogens with one attached hydrogen (secondary N) is 1. The lowest BCUT2D eigenvalue weighted by Crippen LogP contribution is -2.35. The summed E-state index contributed by atoms with van der Waals surface area (Å²) in [5, 5.41) is 3.32. The van der Waals surface area contributed by atoms with Crippen molar-refractivity contribution in [2.75, 3.05) is 0 Å². The van der Waals surface area contributed by atoms with E-state index in [2.05, 4.69) is 26.1 Å². The van der Waals surface area contributed by atoms with Crippen molar-refractivity contribution in [3.8, 4) is 0 Å². The Bertz CT molecular complexity index is 313. The van der Waals surface area contributed by atoms with Crippen LogP contribution in [0, 0.1) is 12.7 Å². The standard InChI is InChI=1S/C12H18FN/c1-9-5-6-10(7-11(9)13)8-14-12(2,3)4/h5-7,14H,8H2,1-4H3. The molecule has 0 aliphatic heterocycles. The van der Waals surface area contributed by atoms with E-state index < -0.39 is 0 Å². The number of halogens is 1. The van der Waals surface area contributed by atoms with Crippen molar-refractivity contribution in [2.45, 2.75) is 39.8 Å². The number of rotatable bonds is 2. The van der Waals surface area contributed by atoms with Gasteiger partial charge < -0.3 is 5.32 Å². The first kappa shape index (κ1) is 11.2. The zero-order valence-corrected chi connectivity index (χ0v) is 9.32. The van der Waals surface area contributed by atoms with E-state index >= 15 is 0 Å². The van der Waals surface area contributed by atoms with Crippen LogP contribution < -0.4 is 5.32 Å². The lowest BCUT2D eigenvalue weighted by atomic mass is 10.1. The van der Waals surface area contributed by atoms with Gasteiger partial charge in [-0.3, -0.25) is 0 Å². The van der Waals surface area contributed by atoms with Gasteiger partial charge in [0.05, 0.1) is 0 Å². The molecule has 0 spiro atoms. The van der Waals surface area contributed by atoms with Gasteiger partial charge in [0.1, 0.15) is 5.82 Å². The lowest BCUT2D eigenvalue weighted by molar-refractivity contribution is 0.423. The van der Waals surface area contributed by atoms with Crippen LogP contribution in [0.1, 0.15) is 31.9 Å². The summed E-state index contributed by atoms with van der Waals surface area (Å²) in [6.45, 7) is 8.77. The highest BCUT2D eigenvalue weighted by Gasteiger charge is 2.08. The van der Waals surface area contributed by atoms with Crippen molar-refractivity contribution in [2.24, 2.45) is 0 Å². The summed E-state index contributed by atoms with van der Waals surface area (Å²) < 4.78 is 13.2. The summed E-state index contributed by atoms with van der Waals surface area (Å²) in [6, 6.07) is 5.36. The summed E-state index contributed by atoms with van der Waals surface area (Å²) in [5.41, 5.74) is 1.76. The smallest absolute Gasteiger partial charge is 0.126 e. The number of aryl methyl sites for hydroxylation is 1. The third-order valence-electron chi connectivity index (χ3n) is 2.06. The Morgan fingerprint density at radius 3 is 2.43 bits per heavy atom. The Balaban J connectivity index is 2.65. The van der Waals surface area contributed by atoms with Crippen LogP contribution in [-0.2, 0) is 6.54 Å². The van der Waals surface area contributed by atoms with Crippen LogP contribution in [0.15, 0.2) is 18.2 Å². The Labute approximate surface area is 85.3 Å². The maximum atomic E-state index is 13.2. The highest BCUT2D eigenvalue weighted by molar-refractivity contribution is 5.23. The molecular formula is C12H18FN. The summed E-state index contributed by atoms with van der Waals surface area (Å²) in [4.78, 5) is 0. The summed E-state index contributed by atoms with van der Waals surface area (Å²) in [5.74, 6) is -0.127. The topological polar surface area (TPSA) is 12.0 Å². The predicted octanol–water partition coefficient (Wildman–Crippen LogP) is 3.02. The van der Waals surface area contributed by atoms with Crippen LogP contribution in [0.25, 0.3) is 0 Å². The van der Waals surface area contributed by atoms with Gasteiger partial charge in [0.15, 0.2) is 0 Å². The third kappa shape index (κ3) is 3.46. The van der Waals surface area contributed by atoms with Crippen molar-refractivity contribution < 1.29 is 4.39 Å². The van der Waals surface area contributed by atoms with E-state index in [9.17, 15) is 4.39 Å². The molecule has 0 aliphatic rings. The second-order valence-electron chi connectivity index (χ2n) is 4.69. The molecule has 1 nitrogen and oxygen atoms in total. The van der Waals surface area contributed by atoms with E-state index in [0.29, 0.717) is 12.1 Å². The molecule has 0 fully saturated rings. The molecule has 1 aromatic rings. The Morgan fingerprint density at radius 1 is 1.29 bits per heavy atom. The van der Waals surface area contributed by atoms with Crippen LogP contribution in [-0.4, -0.2) is 5.54 Å². The van der Waals surface area contributed by atoms with Gasteiger partial charge in [-0.1, -0.05) is 12.1 Å². The Morgan fingerprint density at radius 2 is 1.93 bits per heavy atom. The minimum absolute atomic E-state index is 0.0708. The molecule has 0 bridgehead atoms. The SMILES string of the molecule is Cc1ccc(CNC(C)(C)C)cc1F. The Kier molecular flexibility index (Phi) is 3.27. The monoisotopic (exact) mass is 195 g/mol. The minimum Gasteiger partial charge on any atom is -0.308 e. The fourth-order valence-electron chi connectivity index (χ4n) is 1.11. The fourth-order valence-corrected chi connectivity index (χ4v) is 1.11. The van der Waals surface area contributed by atoms with E-state index in [4.69, 9.17) is 0 Å². The molecule has 0 saturated carbocycles. The highest BCUT2D eigenvalue weighted by atomic mass is 19.1. The quantitative estimate of drug-likeness (QED) is 0.765. The highest BCUT2D eigenvalue weighted by Crippen LogP contribution is 2.10. The molecule has 0 unspecified atom stereocenters. The number of hydrogen-bond acceptors (Lipinski definition) is 1. The van der Waals surface area contributed by atoms with Gasteiger partial charge in [-0.25, -0.2) is 4.39 Å². The normalized spacial score (nSPS) is 11.8. The minimum atomic E-state index is -0.127. The summed E-state index contributed by atoms with van der Waals surface area (Å²) in [6.07, 6.45) is 0. The molecule has 1 rings (SSSR count). The molecule has 78 valence electrons. The molecule has 0 aromatic heterocycles. The maximum Gasteiger partial charge on any atom is 0.126 e. The van der Waals surface area contributed by atoms with Crippen LogP contribution in [0.2, 0.25) is 0 Å². The molecule has 0 amide bonds. The van der Waals surface area contributed by atoms with E-state index in [1.54, 1.807) is 13.0 Å². The van der Waals surface area contributed by atoms with Crippen molar-refractivity contribution in [3.63, 3.8) is 0 Å². The fraction of sp³-hybridized carbons (Fsp3) is 0.500. The van der Waals surface area contributed by atoms with Gasteiger partial charge in [-0.15, -0.1) is 0 Å². The second-order valence-corrected chi connectivity index (χ2v) is 4.69. The zero-order chi connectivity index (χ0) is 10.8. The van der Waals surface area contributed by atoms with Gasteiger partial charge in [0.2, 0.25) is 0 Å². The van der Waals surface area contributed by atoms with Crippen molar-refractivity contribution >= 4 is 0 Å². The third-order valence-corrected chi connectivity index (χ3v) is 2.06. The molecule has 1 N–H and O–H groups in total. The van der Waals surface area contributed by atoms with Crippen LogP contribution >= 0.6 is 0 Å². The first-order valence-electron chi connectivity index (χ1n) is 4.88. The van der Waals surface area contributed by atoms with Gasteiger partial charge in [0, 0.05) is 12.1 Å². The van der Waals surface area contributed by atoms with Crippen LogP contribution in [0.3, 0.4) is 0 Å². The van der Waals surface area contributed by atoms with Crippen molar-refractivity contribution in [1.29, 1.82) is 0 Å². The number of hydrogen-bond donors (Lipinski definition) is 1. The predicted molar refractivity (Wildman–Crippen MR) is 57.7 cm³/mol. The van der Waals surface area contributed by atoms with Gasteiger partial charge in [-0.2, -0.15) is 0 Å². The molecule has 0 radical (unpaired) electrons. The molecule has 1 aromatic carbocycles. The molecular weight excluding hydrogens is 177 g/mol. The molecule has 0 aliphatic carbocycles. The summed E-state index contributed by atoms with van der Waals surface area (Å²) >= 11 is 0. The lowest BCUT2D eigenvalue weighted by Gasteiger charge is -2.20. The van der Waals surface area contributed by atoms with E-state index in [0.717, 1.165) is 5.56 Å². The maximum absolute atomic E-state index is 13.2. The average Bonchev–Trinajstić information content (AvgIpc) is 2.06. The Hall–Kier alpha value is -0.890. The second kappa shape index (κ2) is 4.09. The average molecular weight is 195 g/mol. The molecule has 14 heavy (non-hydrogen) atoms. The van der Waals surface area contributed by atoms with Crippen LogP contribution in [0.5, 0.6) is 0 Å². The molecule has 0 atom stereocenters. The first-order chi connectivity index (χ1) is 6.38. The molecule has 2 heteroatoms. The zero-order valence-electron chi connectivity index (χ0n) is 9.32. The van der Waals surface area contributed by atoms with Gasteiger partial charge in [-0.05, 0) is 44.9 Å². The van der Waals surface area contributed by atoms with E-state index in [1.165, 1.54) is 0 Å². The van der Waals surface area contributed by atoms with Crippen LogP contribution in [0.4, 0.5) is 4.39 Å². The first-order valence-corrected chi connectivity index (χ1v) is 4.88. The van der Waals surface area contributed by atoms with E-state index in [-0.39, 0.29) is 11.4 Å². The van der Waals surface area contributed by atoms with Crippen molar-refractivity contribution in [3.05, 3.63) is 35.1 Å². The van der Waals surface area contributed by atoms with Crippen molar-refractivity contribution in [1.82, 2.24) is 5.32 Å². The van der Waals surface area contributed by atoms with E-state index in [1.807, 2.05) is 12.1 Å². The largest absolute Gasteiger partial charge is 0.308 e.